The van der Waals surface area contributed by atoms with Gasteiger partial charge in [-0.15, -0.1) is 0 Å². The number of hydrogen-bond acceptors (Lipinski definition) is 7. The van der Waals surface area contributed by atoms with E-state index >= 15 is 0 Å². The number of esters is 1. The number of hydrogen-bond donors (Lipinski definition) is 0. The third-order valence-electron chi connectivity index (χ3n) is 6.23. The summed E-state index contributed by atoms with van der Waals surface area (Å²) < 4.78 is 21.7. The molecule has 3 aromatic rings. The highest BCUT2D eigenvalue weighted by Gasteiger charge is 2.22. The number of rotatable bonds is 7. The summed E-state index contributed by atoms with van der Waals surface area (Å²) in [5.74, 6) is 0.711. The Kier molecular flexibility index (Phi) is 6.62. The van der Waals surface area contributed by atoms with E-state index in [1.807, 2.05) is 66.5 Å². The summed E-state index contributed by atoms with van der Waals surface area (Å²) in [7, 11) is 4.89. The molecule has 0 atom stereocenters. The molecule has 0 radical (unpaired) electrons. The van der Waals surface area contributed by atoms with Crippen molar-refractivity contribution >= 4 is 28.3 Å². The summed E-state index contributed by atoms with van der Waals surface area (Å²) in [5.41, 5.74) is 4.91. The number of fused-ring (bicyclic) bond motifs is 2. The monoisotopic (exact) mass is 495 g/mol. The lowest BCUT2D eigenvalue weighted by molar-refractivity contribution is 0.0511. The molecule has 0 unspecified atom stereocenters. The van der Waals surface area contributed by atoms with E-state index in [0.29, 0.717) is 28.2 Å². The zero-order valence-electron chi connectivity index (χ0n) is 20.7. The molecule has 7 nitrogen and oxygen atoms in total. The number of methoxy groups -OCH3 is 2. The number of ether oxygens (including phenoxy) is 3. The van der Waals surface area contributed by atoms with Crippen LogP contribution in [0, 0.1) is 0 Å². The SMILES string of the molecule is COCOc1ccc(N(C)c2ccc3c(-c4ccccc4C(=O)OC)c4ccc(=O)cc-4oc3c2)cc1. The summed E-state index contributed by atoms with van der Waals surface area (Å²) in [6.45, 7) is 0.182. The second-order valence-electron chi connectivity index (χ2n) is 8.46. The van der Waals surface area contributed by atoms with Crippen molar-refractivity contribution in [2.75, 3.05) is 33.0 Å². The third kappa shape index (κ3) is 4.64. The lowest BCUT2D eigenvalue weighted by Crippen LogP contribution is -2.09. The molecule has 2 aliphatic rings. The molecule has 0 spiro atoms. The lowest BCUT2D eigenvalue weighted by Gasteiger charge is -2.22. The Morgan fingerprint density at radius 2 is 1.62 bits per heavy atom. The number of anilines is 2. The van der Waals surface area contributed by atoms with E-state index in [9.17, 15) is 9.59 Å². The summed E-state index contributed by atoms with van der Waals surface area (Å²) >= 11 is 0. The Hall–Kier alpha value is -4.62. The van der Waals surface area contributed by atoms with Gasteiger partial charge in [-0.3, -0.25) is 4.79 Å². The second-order valence-corrected chi connectivity index (χ2v) is 8.46. The predicted octanol–water partition coefficient (Wildman–Crippen LogP) is 6.10. The van der Waals surface area contributed by atoms with Crippen LogP contribution in [0.1, 0.15) is 10.4 Å². The highest BCUT2D eigenvalue weighted by Crippen LogP contribution is 2.42. The molecule has 3 aromatic carbocycles. The molecule has 0 N–H and O–H groups in total. The summed E-state index contributed by atoms with van der Waals surface area (Å²) in [4.78, 5) is 26.8. The molecular weight excluding hydrogens is 470 g/mol. The molecule has 37 heavy (non-hydrogen) atoms. The van der Waals surface area contributed by atoms with Crippen LogP contribution in [0.2, 0.25) is 0 Å². The normalized spacial score (nSPS) is 11.0. The molecule has 0 saturated carbocycles. The van der Waals surface area contributed by atoms with Gasteiger partial charge in [0, 0.05) is 54.2 Å². The van der Waals surface area contributed by atoms with E-state index in [1.54, 1.807) is 25.3 Å². The topological polar surface area (TPSA) is 78.2 Å². The Labute approximate surface area is 213 Å². The fourth-order valence-electron chi connectivity index (χ4n) is 4.39. The first-order valence-electron chi connectivity index (χ1n) is 11.6. The van der Waals surface area contributed by atoms with Gasteiger partial charge in [0.25, 0.3) is 0 Å². The van der Waals surface area contributed by atoms with Crippen molar-refractivity contribution in [1.82, 2.24) is 0 Å². The molecular formula is C30H25NO6. The molecule has 0 bridgehead atoms. The lowest BCUT2D eigenvalue weighted by atomic mass is 9.90. The van der Waals surface area contributed by atoms with Crippen LogP contribution in [0.25, 0.3) is 33.4 Å². The van der Waals surface area contributed by atoms with Gasteiger partial charge in [0.1, 0.15) is 17.1 Å². The number of nitrogens with zero attached hydrogens (tertiary/aromatic N) is 1. The van der Waals surface area contributed by atoms with Crippen LogP contribution in [-0.4, -0.2) is 34.0 Å². The van der Waals surface area contributed by atoms with Crippen LogP contribution < -0.4 is 15.1 Å². The number of carbonyl (C=O) groups excluding carboxylic acids is 1. The van der Waals surface area contributed by atoms with Crippen molar-refractivity contribution in [3.63, 3.8) is 0 Å². The Bertz CT molecular complexity index is 1610. The Balaban J connectivity index is 1.66. The Morgan fingerprint density at radius 1 is 0.865 bits per heavy atom. The van der Waals surface area contributed by atoms with Crippen LogP contribution in [0.15, 0.2) is 94.1 Å². The molecule has 1 aliphatic carbocycles. The van der Waals surface area contributed by atoms with Gasteiger partial charge >= 0.3 is 5.97 Å². The largest absolute Gasteiger partial charge is 0.468 e. The van der Waals surface area contributed by atoms with Crippen molar-refractivity contribution < 1.29 is 23.4 Å². The highest BCUT2D eigenvalue weighted by atomic mass is 16.7. The summed E-state index contributed by atoms with van der Waals surface area (Å²) in [6, 6.07) is 25.5. The molecule has 0 saturated heterocycles. The van der Waals surface area contributed by atoms with Gasteiger partial charge in [0.05, 0.1) is 12.7 Å². The average molecular weight is 496 g/mol. The minimum atomic E-state index is -0.438. The minimum Gasteiger partial charge on any atom is -0.468 e. The zero-order chi connectivity index (χ0) is 25.9. The fraction of sp³-hybridized carbons (Fsp3) is 0.133. The summed E-state index contributed by atoms with van der Waals surface area (Å²) in [5, 5.41) is 0.808. The van der Waals surface area contributed by atoms with E-state index in [0.717, 1.165) is 27.9 Å². The average Bonchev–Trinajstić information content (AvgIpc) is 2.94. The minimum absolute atomic E-state index is 0.160. The van der Waals surface area contributed by atoms with E-state index in [2.05, 4.69) is 0 Å². The van der Waals surface area contributed by atoms with E-state index in [4.69, 9.17) is 18.6 Å². The van der Waals surface area contributed by atoms with Gasteiger partial charge in [-0.05, 0) is 60.2 Å². The smallest absolute Gasteiger partial charge is 0.338 e. The number of carbonyl (C=O) groups is 1. The van der Waals surface area contributed by atoms with Gasteiger partial charge in [-0.2, -0.15) is 0 Å². The standard InChI is InChI=1S/C30H25NO6/c1-31(19-8-12-22(13-9-19)36-18-34-2)20-10-14-25-27(16-20)37-28-17-21(32)11-15-26(28)29(25)23-6-4-5-7-24(23)30(33)35-3/h4-17H,18H2,1-3H3. The number of benzene rings is 4. The van der Waals surface area contributed by atoms with Crippen molar-refractivity contribution in [1.29, 1.82) is 0 Å². The molecule has 186 valence electrons. The van der Waals surface area contributed by atoms with Gasteiger partial charge in [0.15, 0.2) is 12.2 Å². The third-order valence-corrected chi connectivity index (χ3v) is 6.23. The zero-order valence-corrected chi connectivity index (χ0v) is 20.7. The van der Waals surface area contributed by atoms with Gasteiger partial charge in [-0.25, -0.2) is 4.79 Å². The van der Waals surface area contributed by atoms with Crippen molar-refractivity contribution in [2.45, 2.75) is 0 Å². The molecule has 5 rings (SSSR count). The predicted molar refractivity (Wildman–Crippen MR) is 143 cm³/mol. The molecule has 7 heteroatoms. The van der Waals surface area contributed by atoms with Crippen LogP contribution in [-0.2, 0) is 9.47 Å². The first-order chi connectivity index (χ1) is 18.0. The van der Waals surface area contributed by atoms with E-state index in [1.165, 1.54) is 19.2 Å². The van der Waals surface area contributed by atoms with E-state index in [-0.39, 0.29) is 12.2 Å². The molecule has 0 fully saturated rings. The van der Waals surface area contributed by atoms with Crippen LogP contribution in [0.3, 0.4) is 0 Å². The van der Waals surface area contributed by atoms with Gasteiger partial charge in [-0.1, -0.05) is 18.2 Å². The summed E-state index contributed by atoms with van der Waals surface area (Å²) in [6.07, 6.45) is 0. The first-order valence-corrected chi connectivity index (χ1v) is 11.6. The van der Waals surface area contributed by atoms with Gasteiger partial charge < -0.3 is 23.5 Å². The van der Waals surface area contributed by atoms with Crippen molar-refractivity contribution in [3.8, 4) is 28.2 Å². The quantitative estimate of drug-likeness (QED) is 0.153. The van der Waals surface area contributed by atoms with Crippen LogP contribution >= 0.6 is 0 Å². The van der Waals surface area contributed by atoms with Crippen LogP contribution in [0.5, 0.6) is 5.75 Å². The van der Waals surface area contributed by atoms with E-state index < -0.39 is 5.97 Å². The highest BCUT2D eigenvalue weighted by molar-refractivity contribution is 6.08. The maximum atomic E-state index is 12.6. The molecule has 1 aliphatic heterocycles. The van der Waals surface area contributed by atoms with Crippen molar-refractivity contribution in [2.24, 2.45) is 0 Å². The molecule has 1 heterocycles. The second kappa shape index (κ2) is 10.2. The Morgan fingerprint density at radius 3 is 2.38 bits per heavy atom. The van der Waals surface area contributed by atoms with Gasteiger partial charge in [0.2, 0.25) is 0 Å². The first kappa shape index (κ1) is 24.1. The molecule has 0 amide bonds. The fourth-order valence-corrected chi connectivity index (χ4v) is 4.39. The molecule has 0 aromatic heterocycles. The van der Waals surface area contributed by atoms with Crippen molar-refractivity contribution in [3.05, 3.63) is 101 Å². The maximum absolute atomic E-state index is 12.6. The maximum Gasteiger partial charge on any atom is 0.338 e. The van der Waals surface area contributed by atoms with Crippen LogP contribution in [0.4, 0.5) is 11.4 Å².